The van der Waals surface area contributed by atoms with Gasteiger partial charge in [-0.05, 0) is 26.0 Å². The van der Waals surface area contributed by atoms with Crippen molar-refractivity contribution in [2.45, 2.75) is 30.0 Å². The summed E-state index contributed by atoms with van der Waals surface area (Å²) in [5, 5.41) is 12.4. The summed E-state index contributed by atoms with van der Waals surface area (Å²) in [6.45, 7) is 3.93. The Labute approximate surface area is 99.0 Å². The molecule has 2 rings (SSSR count). The van der Waals surface area contributed by atoms with Crippen LogP contribution in [0.25, 0.3) is 0 Å². The van der Waals surface area contributed by atoms with E-state index in [1.165, 1.54) is 0 Å². The Morgan fingerprint density at radius 3 is 2.75 bits per heavy atom. The molecule has 0 saturated carbocycles. The van der Waals surface area contributed by atoms with Gasteiger partial charge < -0.3 is 9.67 Å². The summed E-state index contributed by atoms with van der Waals surface area (Å²) in [5.74, 6) is -0.783. The Bertz CT molecular complexity index is 414. The van der Waals surface area contributed by atoms with E-state index in [1.54, 1.807) is 11.8 Å². The molecule has 0 amide bonds. The van der Waals surface area contributed by atoms with Crippen LogP contribution in [-0.2, 0) is 11.8 Å². The van der Waals surface area contributed by atoms with E-state index in [2.05, 4.69) is 5.32 Å². The number of aromatic nitrogens is 1. The van der Waals surface area contributed by atoms with Gasteiger partial charge in [0.2, 0.25) is 0 Å². The Hall–Kier alpha value is -0.940. The molecule has 1 fully saturated rings. The fraction of sp³-hybridized carbons (Fsp3) is 0.545. The van der Waals surface area contributed by atoms with Crippen molar-refractivity contribution in [1.82, 2.24) is 9.88 Å². The molecule has 2 heterocycles. The van der Waals surface area contributed by atoms with Crippen LogP contribution in [0.2, 0.25) is 0 Å². The summed E-state index contributed by atoms with van der Waals surface area (Å²) in [5.41, 5.74) is 1.11. The molecule has 1 saturated heterocycles. The molecule has 16 heavy (non-hydrogen) atoms. The molecule has 0 aromatic carbocycles. The van der Waals surface area contributed by atoms with Gasteiger partial charge in [0, 0.05) is 23.7 Å². The molecular formula is C11H16N2O2S. The standard InChI is InChI=1S/C11H16N2O2S/c1-11(2)8(10(14)15)12-9(16-11)7-5-4-6-13(7)3/h4-6,8-9,12H,1-3H3,(H,14,15)/t8-,9-/m0/s1. The topological polar surface area (TPSA) is 54.3 Å². The normalized spacial score (nSPS) is 28.2. The Kier molecular flexibility index (Phi) is 2.75. The fourth-order valence-corrected chi connectivity index (χ4v) is 3.50. The van der Waals surface area contributed by atoms with Crippen molar-refractivity contribution in [2.75, 3.05) is 0 Å². The van der Waals surface area contributed by atoms with Gasteiger partial charge in [-0.25, -0.2) is 0 Å². The number of carboxylic acids is 1. The molecule has 4 nitrogen and oxygen atoms in total. The highest BCUT2D eigenvalue weighted by Gasteiger charge is 2.46. The summed E-state index contributed by atoms with van der Waals surface area (Å²) in [6.07, 6.45) is 1.97. The van der Waals surface area contributed by atoms with Gasteiger partial charge in [0.25, 0.3) is 0 Å². The van der Waals surface area contributed by atoms with Crippen LogP contribution in [0, 0.1) is 0 Å². The Morgan fingerprint density at radius 1 is 1.62 bits per heavy atom. The summed E-state index contributed by atoms with van der Waals surface area (Å²) in [4.78, 5) is 11.1. The summed E-state index contributed by atoms with van der Waals surface area (Å²) in [7, 11) is 1.97. The largest absolute Gasteiger partial charge is 0.480 e. The lowest BCUT2D eigenvalue weighted by atomic mass is 10.0. The average molecular weight is 240 g/mol. The molecule has 1 aromatic heterocycles. The molecule has 1 aliphatic heterocycles. The number of nitrogens with one attached hydrogen (secondary N) is 1. The van der Waals surface area contributed by atoms with Crippen LogP contribution in [-0.4, -0.2) is 26.4 Å². The zero-order chi connectivity index (χ0) is 11.9. The third-order valence-corrected chi connectivity index (χ3v) is 4.39. The number of rotatable bonds is 2. The number of nitrogens with zero attached hydrogens (tertiary/aromatic N) is 1. The molecule has 5 heteroatoms. The molecule has 0 bridgehead atoms. The predicted molar refractivity (Wildman–Crippen MR) is 64.4 cm³/mol. The SMILES string of the molecule is Cn1cccc1[C@H]1N[C@@H](C(=O)O)C(C)(C)S1. The van der Waals surface area contributed by atoms with Crippen LogP contribution in [0.4, 0.5) is 0 Å². The number of aryl methyl sites for hydroxylation is 1. The highest BCUT2D eigenvalue weighted by Crippen LogP contribution is 2.45. The molecule has 0 aliphatic carbocycles. The maximum absolute atomic E-state index is 11.1. The van der Waals surface area contributed by atoms with E-state index in [9.17, 15) is 4.79 Å². The third-order valence-electron chi connectivity index (χ3n) is 2.93. The van der Waals surface area contributed by atoms with Crippen molar-refractivity contribution in [2.24, 2.45) is 7.05 Å². The van der Waals surface area contributed by atoms with Crippen LogP contribution in [0.1, 0.15) is 24.9 Å². The quantitative estimate of drug-likeness (QED) is 0.824. The number of carboxylic acid groups (broad SMARTS) is 1. The molecule has 0 radical (unpaired) electrons. The minimum Gasteiger partial charge on any atom is -0.480 e. The fourth-order valence-electron chi connectivity index (χ4n) is 2.02. The van der Waals surface area contributed by atoms with Crippen molar-refractivity contribution >= 4 is 17.7 Å². The van der Waals surface area contributed by atoms with Crippen molar-refractivity contribution < 1.29 is 9.90 Å². The van der Waals surface area contributed by atoms with Crippen LogP contribution in [0.5, 0.6) is 0 Å². The number of hydrogen-bond acceptors (Lipinski definition) is 3. The van der Waals surface area contributed by atoms with E-state index in [0.29, 0.717) is 0 Å². The van der Waals surface area contributed by atoms with Gasteiger partial charge >= 0.3 is 5.97 Å². The second-order valence-corrected chi connectivity index (χ2v) is 6.34. The summed E-state index contributed by atoms with van der Waals surface area (Å²) < 4.78 is 1.73. The molecule has 2 atom stereocenters. The Morgan fingerprint density at radius 2 is 2.31 bits per heavy atom. The van der Waals surface area contributed by atoms with Gasteiger partial charge in [-0.1, -0.05) is 0 Å². The van der Waals surface area contributed by atoms with Gasteiger partial charge in [-0.2, -0.15) is 0 Å². The molecule has 1 aliphatic rings. The number of hydrogen-bond donors (Lipinski definition) is 2. The van der Waals surface area contributed by atoms with Crippen molar-refractivity contribution in [3.63, 3.8) is 0 Å². The van der Waals surface area contributed by atoms with Gasteiger partial charge in [0.05, 0.1) is 5.37 Å². The number of thioether (sulfide) groups is 1. The predicted octanol–water partition coefficient (Wildman–Crippen LogP) is 1.59. The number of carbonyl (C=O) groups is 1. The minimum atomic E-state index is -0.783. The molecular weight excluding hydrogens is 224 g/mol. The molecule has 0 spiro atoms. The maximum atomic E-state index is 11.1. The van der Waals surface area contributed by atoms with Gasteiger partial charge in [0.1, 0.15) is 6.04 Å². The van der Waals surface area contributed by atoms with E-state index in [4.69, 9.17) is 5.11 Å². The van der Waals surface area contributed by atoms with E-state index in [1.807, 2.05) is 43.8 Å². The lowest BCUT2D eigenvalue weighted by Gasteiger charge is -2.20. The van der Waals surface area contributed by atoms with E-state index < -0.39 is 12.0 Å². The zero-order valence-corrected chi connectivity index (χ0v) is 10.4. The molecule has 1 aromatic rings. The second-order valence-electron chi connectivity index (χ2n) is 4.58. The van der Waals surface area contributed by atoms with Crippen LogP contribution in [0.3, 0.4) is 0 Å². The average Bonchev–Trinajstić information content (AvgIpc) is 2.68. The van der Waals surface area contributed by atoms with Gasteiger partial charge in [-0.15, -0.1) is 11.8 Å². The highest BCUT2D eigenvalue weighted by molar-refractivity contribution is 8.01. The van der Waals surface area contributed by atoms with Crippen molar-refractivity contribution in [1.29, 1.82) is 0 Å². The summed E-state index contributed by atoms with van der Waals surface area (Å²) >= 11 is 1.66. The van der Waals surface area contributed by atoms with Crippen molar-refractivity contribution in [3.8, 4) is 0 Å². The molecule has 0 unspecified atom stereocenters. The maximum Gasteiger partial charge on any atom is 0.322 e. The first kappa shape index (κ1) is 11.5. The van der Waals surface area contributed by atoms with Crippen LogP contribution in [0.15, 0.2) is 18.3 Å². The highest BCUT2D eigenvalue weighted by atomic mass is 32.2. The molecule has 88 valence electrons. The first-order valence-electron chi connectivity index (χ1n) is 5.20. The van der Waals surface area contributed by atoms with Crippen LogP contribution < -0.4 is 5.32 Å². The summed E-state index contributed by atoms with van der Waals surface area (Å²) in [6, 6.07) is 3.49. The molecule has 2 N–H and O–H groups in total. The lowest BCUT2D eigenvalue weighted by Crippen LogP contribution is -2.43. The first-order valence-corrected chi connectivity index (χ1v) is 6.07. The first-order chi connectivity index (χ1) is 7.42. The number of aliphatic carboxylic acids is 1. The Balaban J connectivity index is 2.24. The van der Waals surface area contributed by atoms with Gasteiger partial charge in [0.15, 0.2) is 0 Å². The third kappa shape index (κ3) is 1.85. The van der Waals surface area contributed by atoms with Gasteiger partial charge in [-0.3, -0.25) is 10.1 Å². The van der Waals surface area contributed by atoms with Crippen LogP contribution >= 0.6 is 11.8 Å². The monoisotopic (exact) mass is 240 g/mol. The second kappa shape index (κ2) is 3.82. The zero-order valence-electron chi connectivity index (χ0n) is 9.60. The van der Waals surface area contributed by atoms with E-state index in [0.717, 1.165) is 5.69 Å². The minimum absolute atomic E-state index is 0.0519. The van der Waals surface area contributed by atoms with E-state index >= 15 is 0 Å². The lowest BCUT2D eigenvalue weighted by molar-refractivity contribution is -0.139. The van der Waals surface area contributed by atoms with E-state index in [-0.39, 0.29) is 10.1 Å². The van der Waals surface area contributed by atoms with Crippen molar-refractivity contribution in [3.05, 3.63) is 24.0 Å². The smallest absolute Gasteiger partial charge is 0.322 e.